The Hall–Kier alpha value is -2.41. The largest absolute Gasteiger partial charge is 0.364 e. The van der Waals surface area contributed by atoms with E-state index in [9.17, 15) is 9.59 Å². The van der Waals surface area contributed by atoms with Crippen molar-refractivity contribution >= 4 is 28.3 Å². The van der Waals surface area contributed by atoms with Gasteiger partial charge in [-0.1, -0.05) is 12.2 Å². The molecule has 2 aromatic rings. The van der Waals surface area contributed by atoms with Gasteiger partial charge in [0, 0.05) is 23.1 Å². The molecule has 0 radical (unpaired) electrons. The second-order valence-corrected chi connectivity index (χ2v) is 6.03. The second-order valence-electron chi connectivity index (χ2n) is 5.17. The molecule has 2 heterocycles. The number of hydrogen-bond acceptors (Lipinski definition) is 4. The van der Waals surface area contributed by atoms with Crippen LogP contribution in [0, 0.1) is 5.92 Å². The maximum Gasteiger partial charge on any atom is 0.265 e. The van der Waals surface area contributed by atoms with Crippen LogP contribution in [0.15, 0.2) is 29.8 Å². The zero-order valence-electron chi connectivity index (χ0n) is 11.8. The number of anilines is 1. The SMILES string of the molecule is NC(=O)c1cc(-c2csc(NC(=O)[C@H]3CC=CCC3)n2)c[nH]1. The number of rotatable bonds is 4. The molecule has 0 fully saturated rings. The predicted molar refractivity (Wildman–Crippen MR) is 85.5 cm³/mol. The zero-order chi connectivity index (χ0) is 15.5. The van der Waals surface area contributed by atoms with E-state index >= 15 is 0 Å². The predicted octanol–water partition coefficient (Wildman–Crippen LogP) is 2.53. The quantitative estimate of drug-likeness (QED) is 0.755. The molecule has 2 amide bonds. The highest BCUT2D eigenvalue weighted by molar-refractivity contribution is 7.14. The fourth-order valence-electron chi connectivity index (χ4n) is 2.39. The third-order valence-corrected chi connectivity index (χ3v) is 4.38. The smallest absolute Gasteiger partial charge is 0.265 e. The minimum absolute atomic E-state index is 0.0112. The van der Waals surface area contributed by atoms with Gasteiger partial charge in [-0.2, -0.15) is 0 Å². The zero-order valence-corrected chi connectivity index (χ0v) is 12.7. The molecule has 2 aromatic heterocycles. The van der Waals surface area contributed by atoms with E-state index in [-0.39, 0.29) is 11.8 Å². The Balaban J connectivity index is 1.69. The molecule has 0 spiro atoms. The van der Waals surface area contributed by atoms with Crippen LogP contribution in [0.3, 0.4) is 0 Å². The summed E-state index contributed by atoms with van der Waals surface area (Å²) in [6.45, 7) is 0. The van der Waals surface area contributed by atoms with Gasteiger partial charge in [-0.3, -0.25) is 9.59 Å². The van der Waals surface area contributed by atoms with Crippen LogP contribution < -0.4 is 11.1 Å². The number of nitrogens with one attached hydrogen (secondary N) is 2. The first-order chi connectivity index (χ1) is 10.6. The molecular weight excluding hydrogens is 300 g/mol. The minimum Gasteiger partial charge on any atom is -0.364 e. The van der Waals surface area contributed by atoms with Gasteiger partial charge in [0.05, 0.1) is 5.69 Å². The van der Waals surface area contributed by atoms with Crippen LogP contribution in [0.5, 0.6) is 0 Å². The van der Waals surface area contributed by atoms with E-state index in [1.807, 2.05) is 11.5 Å². The summed E-state index contributed by atoms with van der Waals surface area (Å²) in [6.07, 6.45) is 8.43. The molecule has 0 aliphatic heterocycles. The van der Waals surface area contributed by atoms with E-state index in [0.717, 1.165) is 24.8 Å². The van der Waals surface area contributed by atoms with Gasteiger partial charge in [-0.25, -0.2) is 4.98 Å². The van der Waals surface area contributed by atoms with Crippen LogP contribution in [0.1, 0.15) is 29.8 Å². The van der Waals surface area contributed by atoms with Gasteiger partial charge >= 0.3 is 0 Å². The lowest BCUT2D eigenvalue weighted by atomic mass is 9.94. The molecule has 1 aliphatic rings. The normalized spacial score (nSPS) is 17.4. The number of aromatic amines is 1. The summed E-state index contributed by atoms with van der Waals surface area (Å²) in [4.78, 5) is 30.4. The van der Waals surface area contributed by atoms with Crippen LogP contribution in [0.2, 0.25) is 0 Å². The number of carbonyl (C=O) groups is 2. The maximum atomic E-state index is 12.2. The Morgan fingerprint density at radius 1 is 1.41 bits per heavy atom. The van der Waals surface area contributed by atoms with Crippen molar-refractivity contribution in [1.82, 2.24) is 9.97 Å². The van der Waals surface area contributed by atoms with Gasteiger partial charge in [0.25, 0.3) is 5.91 Å². The van der Waals surface area contributed by atoms with E-state index in [1.54, 1.807) is 12.3 Å². The third kappa shape index (κ3) is 3.09. The number of thiazole rings is 1. The standard InChI is InChI=1S/C15H16N4O2S/c16-13(20)11-6-10(7-17-11)12-8-22-15(18-12)19-14(21)9-4-2-1-3-5-9/h1-2,6-9,17H,3-5H2,(H2,16,20)(H,18,19,21)/t9-/m0/s1. The first-order valence-electron chi connectivity index (χ1n) is 7.03. The molecule has 4 N–H and O–H groups in total. The first-order valence-corrected chi connectivity index (χ1v) is 7.91. The number of allylic oxidation sites excluding steroid dienone is 2. The molecule has 0 saturated heterocycles. The number of carbonyl (C=O) groups excluding carboxylic acids is 2. The highest BCUT2D eigenvalue weighted by Gasteiger charge is 2.20. The average molecular weight is 316 g/mol. The Kier molecular flexibility index (Phi) is 4.06. The fourth-order valence-corrected chi connectivity index (χ4v) is 3.11. The van der Waals surface area contributed by atoms with Crippen molar-refractivity contribution in [3.8, 4) is 11.3 Å². The van der Waals surface area contributed by atoms with E-state index < -0.39 is 5.91 Å². The van der Waals surface area contributed by atoms with Crippen LogP contribution >= 0.6 is 11.3 Å². The number of nitrogens with zero attached hydrogens (tertiary/aromatic N) is 1. The average Bonchev–Trinajstić information content (AvgIpc) is 3.16. The number of primary amides is 1. The maximum absolute atomic E-state index is 12.2. The topological polar surface area (TPSA) is 101 Å². The molecule has 1 aliphatic carbocycles. The van der Waals surface area contributed by atoms with E-state index in [0.29, 0.717) is 16.5 Å². The third-order valence-electron chi connectivity index (χ3n) is 3.62. The van der Waals surface area contributed by atoms with E-state index in [2.05, 4.69) is 21.4 Å². The first kappa shape index (κ1) is 14.5. The monoisotopic (exact) mass is 316 g/mol. The van der Waals surface area contributed by atoms with Gasteiger partial charge < -0.3 is 16.0 Å². The van der Waals surface area contributed by atoms with Crippen molar-refractivity contribution in [3.63, 3.8) is 0 Å². The van der Waals surface area contributed by atoms with Gasteiger partial charge in [-0.15, -0.1) is 11.3 Å². The number of nitrogens with two attached hydrogens (primary N) is 1. The van der Waals surface area contributed by atoms with Crippen LogP contribution in [0.4, 0.5) is 5.13 Å². The lowest BCUT2D eigenvalue weighted by Gasteiger charge is -2.15. The molecule has 6 nitrogen and oxygen atoms in total. The van der Waals surface area contributed by atoms with Crippen molar-refractivity contribution < 1.29 is 9.59 Å². The Labute approximate surface area is 131 Å². The van der Waals surface area contributed by atoms with Gasteiger partial charge in [-0.05, 0) is 25.3 Å². The number of H-pyrrole nitrogens is 1. The van der Waals surface area contributed by atoms with Gasteiger partial charge in [0.2, 0.25) is 5.91 Å². The summed E-state index contributed by atoms with van der Waals surface area (Å²) in [5, 5.41) is 5.27. The van der Waals surface area contributed by atoms with Crippen molar-refractivity contribution in [2.75, 3.05) is 5.32 Å². The van der Waals surface area contributed by atoms with E-state index in [1.165, 1.54) is 11.3 Å². The van der Waals surface area contributed by atoms with E-state index in [4.69, 9.17) is 5.73 Å². The van der Waals surface area contributed by atoms with Gasteiger partial charge in [0.1, 0.15) is 5.69 Å². The molecule has 1 atom stereocenters. The van der Waals surface area contributed by atoms with Crippen LogP contribution in [-0.4, -0.2) is 21.8 Å². The Morgan fingerprint density at radius 3 is 2.95 bits per heavy atom. The molecule has 0 bridgehead atoms. The summed E-state index contributed by atoms with van der Waals surface area (Å²) in [6, 6.07) is 1.65. The van der Waals surface area contributed by atoms with Gasteiger partial charge in [0.15, 0.2) is 5.13 Å². The number of aromatic nitrogens is 2. The lowest BCUT2D eigenvalue weighted by Crippen LogP contribution is -2.23. The fraction of sp³-hybridized carbons (Fsp3) is 0.267. The summed E-state index contributed by atoms with van der Waals surface area (Å²) in [5.41, 5.74) is 7.02. The lowest BCUT2D eigenvalue weighted by molar-refractivity contribution is -0.120. The minimum atomic E-state index is -0.514. The Bertz CT molecular complexity index is 731. The van der Waals surface area contributed by atoms with Crippen molar-refractivity contribution in [3.05, 3.63) is 35.5 Å². The molecular formula is C15H16N4O2S. The Morgan fingerprint density at radius 2 is 2.27 bits per heavy atom. The second kappa shape index (κ2) is 6.15. The van der Waals surface area contributed by atoms with Crippen molar-refractivity contribution in [2.24, 2.45) is 11.7 Å². The molecule has 0 saturated carbocycles. The van der Waals surface area contributed by atoms with Crippen LogP contribution in [0.25, 0.3) is 11.3 Å². The molecule has 0 aromatic carbocycles. The van der Waals surface area contributed by atoms with Crippen molar-refractivity contribution in [2.45, 2.75) is 19.3 Å². The highest BCUT2D eigenvalue weighted by Crippen LogP contribution is 2.27. The number of hydrogen-bond donors (Lipinski definition) is 3. The summed E-state index contributed by atoms with van der Waals surface area (Å²) in [7, 11) is 0. The molecule has 22 heavy (non-hydrogen) atoms. The summed E-state index contributed by atoms with van der Waals surface area (Å²) in [5.74, 6) is -0.483. The molecule has 0 unspecified atom stereocenters. The molecule has 7 heteroatoms. The van der Waals surface area contributed by atoms with Crippen molar-refractivity contribution in [1.29, 1.82) is 0 Å². The van der Waals surface area contributed by atoms with Crippen LogP contribution in [-0.2, 0) is 4.79 Å². The molecule has 114 valence electrons. The highest BCUT2D eigenvalue weighted by atomic mass is 32.1. The summed E-state index contributed by atoms with van der Waals surface area (Å²) < 4.78 is 0. The summed E-state index contributed by atoms with van der Waals surface area (Å²) >= 11 is 1.36. The molecule has 3 rings (SSSR count). The number of amides is 2.